The van der Waals surface area contributed by atoms with Crippen molar-refractivity contribution in [2.75, 3.05) is 0 Å². The highest BCUT2D eigenvalue weighted by atomic mass is 16.1. The Hall–Kier alpha value is -1.18. The fourth-order valence-corrected chi connectivity index (χ4v) is 1.06. The standard InChI is InChI=1S/C10H13NO/c1-8-4-3-7-11-10(8)6-5-9(2)12/h5-7H,3-4H2,1-2H3/b6-5+. The number of carbonyl (C=O) groups excluding carboxylic acids is 1. The zero-order valence-corrected chi connectivity index (χ0v) is 7.50. The zero-order valence-electron chi connectivity index (χ0n) is 7.50. The van der Waals surface area contributed by atoms with Crippen molar-refractivity contribution in [1.82, 2.24) is 0 Å². The third kappa shape index (κ3) is 2.46. The third-order valence-corrected chi connectivity index (χ3v) is 1.79. The van der Waals surface area contributed by atoms with Crippen LogP contribution in [0.25, 0.3) is 0 Å². The van der Waals surface area contributed by atoms with Crippen LogP contribution in [0.2, 0.25) is 0 Å². The molecule has 1 rings (SSSR count). The quantitative estimate of drug-likeness (QED) is 0.574. The Morgan fingerprint density at radius 3 is 3.00 bits per heavy atom. The Labute approximate surface area is 72.7 Å². The molecule has 0 fully saturated rings. The van der Waals surface area contributed by atoms with E-state index in [1.54, 1.807) is 19.1 Å². The Morgan fingerprint density at radius 1 is 1.67 bits per heavy atom. The summed E-state index contributed by atoms with van der Waals surface area (Å²) in [5.41, 5.74) is 2.20. The smallest absolute Gasteiger partial charge is 0.152 e. The molecule has 0 saturated carbocycles. The summed E-state index contributed by atoms with van der Waals surface area (Å²) >= 11 is 0. The molecule has 12 heavy (non-hydrogen) atoms. The Balaban J connectivity index is 2.74. The van der Waals surface area contributed by atoms with E-state index in [1.807, 2.05) is 6.21 Å². The molecule has 0 N–H and O–H groups in total. The van der Waals surface area contributed by atoms with Crippen LogP contribution in [-0.4, -0.2) is 12.0 Å². The second-order valence-corrected chi connectivity index (χ2v) is 2.96. The summed E-state index contributed by atoms with van der Waals surface area (Å²) in [6.07, 6.45) is 7.31. The van der Waals surface area contributed by atoms with Crippen LogP contribution in [0.5, 0.6) is 0 Å². The molecule has 0 atom stereocenters. The molecule has 1 heterocycles. The van der Waals surface area contributed by atoms with Crippen LogP contribution >= 0.6 is 0 Å². The third-order valence-electron chi connectivity index (χ3n) is 1.79. The van der Waals surface area contributed by atoms with Crippen molar-refractivity contribution in [2.24, 2.45) is 4.99 Å². The van der Waals surface area contributed by atoms with E-state index in [0.29, 0.717) is 0 Å². The minimum atomic E-state index is 0.0658. The molecule has 0 bridgehead atoms. The largest absolute Gasteiger partial charge is 0.295 e. The molecule has 1 aliphatic heterocycles. The second-order valence-electron chi connectivity index (χ2n) is 2.96. The maximum atomic E-state index is 10.6. The van der Waals surface area contributed by atoms with Crippen LogP contribution in [0.15, 0.2) is 28.4 Å². The van der Waals surface area contributed by atoms with Crippen molar-refractivity contribution >= 4 is 12.0 Å². The number of rotatable bonds is 2. The first-order valence-electron chi connectivity index (χ1n) is 4.11. The predicted molar refractivity (Wildman–Crippen MR) is 50.2 cm³/mol. The highest BCUT2D eigenvalue weighted by Crippen LogP contribution is 2.16. The highest BCUT2D eigenvalue weighted by Gasteiger charge is 2.01. The van der Waals surface area contributed by atoms with E-state index in [9.17, 15) is 4.79 Å². The van der Waals surface area contributed by atoms with Gasteiger partial charge in [-0.25, -0.2) is 0 Å². The van der Waals surface area contributed by atoms with Gasteiger partial charge in [-0.3, -0.25) is 9.79 Å². The van der Waals surface area contributed by atoms with Gasteiger partial charge in [0.25, 0.3) is 0 Å². The zero-order chi connectivity index (χ0) is 8.97. The van der Waals surface area contributed by atoms with Gasteiger partial charge in [-0.05, 0) is 44.4 Å². The van der Waals surface area contributed by atoms with Gasteiger partial charge in [-0.2, -0.15) is 0 Å². The van der Waals surface area contributed by atoms with Crippen LogP contribution in [0.1, 0.15) is 26.7 Å². The fourth-order valence-electron chi connectivity index (χ4n) is 1.06. The first kappa shape index (κ1) is 8.91. The summed E-state index contributed by atoms with van der Waals surface area (Å²) in [6.45, 7) is 3.59. The molecule has 0 aromatic heterocycles. The van der Waals surface area contributed by atoms with Gasteiger partial charge in [0.1, 0.15) is 0 Å². The van der Waals surface area contributed by atoms with Crippen molar-refractivity contribution in [2.45, 2.75) is 26.7 Å². The van der Waals surface area contributed by atoms with Crippen LogP contribution in [0, 0.1) is 0 Å². The normalized spacial score (nSPS) is 17.5. The maximum Gasteiger partial charge on any atom is 0.152 e. The summed E-state index contributed by atoms with van der Waals surface area (Å²) in [6, 6.07) is 0. The predicted octanol–water partition coefficient (Wildman–Crippen LogP) is 2.27. The molecule has 0 radical (unpaired) electrons. The van der Waals surface area contributed by atoms with Gasteiger partial charge in [0, 0.05) is 6.21 Å². The monoisotopic (exact) mass is 163 g/mol. The lowest BCUT2D eigenvalue weighted by Gasteiger charge is -2.06. The lowest BCUT2D eigenvalue weighted by atomic mass is 10.1. The number of carbonyl (C=O) groups is 1. The molecule has 0 saturated heterocycles. The molecular formula is C10H13NO. The molecule has 0 aromatic rings. The SMILES string of the molecule is CC(=O)/C=C/C1=C(C)CCC=N1. The van der Waals surface area contributed by atoms with Crippen molar-refractivity contribution in [1.29, 1.82) is 0 Å². The average Bonchev–Trinajstić information content (AvgIpc) is 2.03. The molecule has 0 spiro atoms. The van der Waals surface area contributed by atoms with Gasteiger partial charge in [0.15, 0.2) is 5.78 Å². The van der Waals surface area contributed by atoms with E-state index >= 15 is 0 Å². The van der Waals surface area contributed by atoms with Crippen molar-refractivity contribution in [3.8, 4) is 0 Å². The van der Waals surface area contributed by atoms with E-state index < -0.39 is 0 Å². The average molecular weight is 163 g/mol. The molecule has 0 aliphatic carbocycles. The minimum absolute atomic E-state index is 0.0658. The van der Waals surface area contributed by atoms with Gasteiger partial charge >= 0.3 is 0 Å². The van der Waals surface area contributed by atoms with Crippen LogP contribution < -0.4 is 0 Å². The number of hydrogen-bond donors (Lipinski definition) is 0. The number of aliphatic imine (C=N–C) groups is 1. The van der Waals surface area contributed by atoms with Gasteiger partial charge < -0.3 is 0 Å². The summed E-state index contributed by atoms with van der Waals surface area (Å²) in [5.74, 6) is 0.0658. The molecule has 2 heteroatoms. The molecule has 0 aromatic carbocycles. The first-order chi connectivity index (χ1) is 5.70. The van der Waals surface area contributed by atoms with Gasteiger partial charge in [-0.15, -0.1) is 0 Å². The van der Waals surface area contributed by atoms with Crippen molar-refractivity contribution in [3.05, 3.63) is 23.4 Å². The van der Waals surface area contributed by atoms with Gasteiger partial charge in [0.2, 0.25) is 0 Å². The molecule has 2 nitrogen and oxygen atoms in total. The molecule has 0 amide bonds. The topological polar surface area (TPSA) is 29.4 Å². The molecular weight excluding hydrogens is 150 g/mol. The van der Waals surface area contributed by atoms with Crippen molar-refractivity contribution in [3.63, 3.8) is 0 Å². The van der Waals surface area contributed by atoms with E-state index in [-0.39, 0.29) is 5.78 Å². The van der Waals surface area contributed by atoms with Gasteiger partial charge in [-0.1, -0.05) is 0 Å². The van der Waals surface area contributed by atoms with Crippen molar-refractivity contribution < 1.29 is 4.79 Å². The lowest BCUT2D eigenvalue weighted by molar-refractivity contribution is -0.112. The Kier molecular flexibility index (Phi) is 2.97. The molecule has 1 aliphatic rings. The number of nitrogens with zero attached hydrogens (tertiary/aromatic N) is 1. The highest BCUT2D eigenvalue weighted by molar-refractivity contribution is 5.87. The van der Waals surface area contributed by atoms with Gasteiger partial charge in [0.05, 0.1) is 5.70 Å². The second kappa shape index (κ2) is 4.00. The van der Waals surface area contributed by atoms with E-state index in [4.69, 9.17) is 0 Å². The Bertz CT molecular complexity index is 272. The Morgan fingerprint density at radius 2 is 2.42 bits per heavy atom. The summed E-state index contributed by atoms with van der Waals surface area (Å²) < 4.78 is 0. The maximum absolute atomic E-state index is 10.6. The fraction of sp³-hybridized carbons (Fsp3) is 0.400. The lowest BCUT2D eigenvalue weighted by Crippen LogP contribution is -1.93. The molecule has 64 valence electrons. The minimum Gasteiger partial charge on any atom is -0.295 e. The van der Waals surface area contributed by atoms with E-state index in [1.165, 1.54) is 5.57 Å². The van der Waals surface area contributed by atoms with E-state index in [0.717, 1.165) is 18.5 Å². The van der Waals surface area contributed by atoms with Crippen LogP contribution in [-0.2, 0) is 4.79 Å². The number of allylic oxidation sites excluding steroid dienone is 3. The first-order valence-corrected chi connectivity index (χ1v) is 4.11. The summed E-state index contributed by atoms with van der Waals surface area (Å²) in [7, 11) is 0. The summed E-state index contributed by atoms with van der Waals surface area (Å²) in [4.78, 5) is 14.8. The van der Waals surface area contributed by atoms with Crippen LogP contribution in [0.3, 0.4) is 0 Å². The number of hydrogen-bond acceptors (Lipinski definition) is 2. The van der Waals surface area contributed by atoms with E-state index in [2.05, 4.69) is 11.9 Å². The number of ketones is 1. The van der Waals surface area contributed by atoms with Crippen LogP contribution in [0.4, 0.5) is 0 Å². The summed E-state index contributed by atoms with van der Waals surface area (Å²) in [5, 5.41) is 0. The molecule has 0 unspecified atom stereocenters.